The molecule has 4 nitrogen and oxygen atoms in total. The fraction of sp³-hybridized carbons (Fsp3) is 0.316. The molecule has 0 heterocycles. The van der Waals surface area contributed by atoms with Gasteiger partial charge in [-0.15, -0.1) is 0 Å². The molecule has 0 spiro atoms. The summed E-state index contributed by atoms with van der Waals surface area (Å²) in [6.07, 6.45) is -0.733. The van der Waals surface area contributed by atoms with E-state index >= 15 is 0 Å². The number of carbonyl (C=O) groups excluding carboxylic acids is 1. The number of amides is 1. The highest BCUT2D eigenvalue weighted by Gasteiger charge is 2.10. The van der Waals surface area contributed by atoms with Gasteiger partial charge in [0.1, 0.15) is 5.75 Å². The molecule has 2 rings (SSSR count). The van der Waals surface area contributed by atoms with Crippen molar-refractivity contribution in [2.75, 3.05) is 13.2 Å². The Morgan fingerprint density at radius 2 is 1.67 bits per heavy atom. The molecule has 2 aromatic rings. The summed E-state index contributed by atoms with van der Waals surface area (Å²) in [6.45, 7) is 4.32. The summed E-state index contributed by atoms with van der Waals surface area (Å²) in [4.78, 5) is 11.8. The zero-order valence-corrected chi connectivity index (χ0v) is 15.4. The lowest BCUT2D eigenvalue weighted by atomic mass is 10.00. The van der Waals surface area contributed by atoms with Crippen LogP contribution >= 0.6 is 15.9 Å². The van der Waals surface area contributed by atoms with E-state index in [-0.39, 0.29) is 19.1 Å². The van der Waals surface area contributed by atoms with Gasteiger partial charge in [-0.05, 0) is 41.3 Å². The van der Waals surface area contributed by atoms with Crippen LogP contribution in [0.2, 0.25) is 0 Å². The second-order valence-corrected chi connectivity index (χ2v) is 6.80. The first kappa shape index (κ1) is 18.5. The molecule has 0 bridgehead atoms. The average molecular weight is 392 g/mol. The number of hydrogen-bond donors (Lipinski definition) is 2. The predicted molar refractivity (Wildman–Crippen MR) is 98.1 cm³/mol. The molecule has 128 valence electrons. The maximum atomic E-state index is 11.8. The third-order valence-corrected chi connectivity index (χ3v) is 4.19. The molecule has 0 aliphatic heterocycles. The van der Waals surface area contributed by atoms with Crippen LogP contribution < -0.4 is 10.1 Å². The summed E-state index contributed by atoms with van der Waals surface area (Å²) in [7, 11) is 0. The highest BCUT2D eigenvalue weighted by Crippen LogP contribution is 2.18. The largest absolute Gasteiger partial charge is 0.484 e. The van der Waals surface area contributed by atoms with Crippen molar-refractivity contribution in [3.63, 3.8) is 0 Å². The van der Waals surface area contributed by atoms with Crippen molar-refractivity contribution in [2.24, 2.45) is 0 Å². The van der Waals surface area contributed by atoms with Crippen LogP contribution in [0.5, 0.6) is 5.75 Å². The normalized spacial score (nSPS) is 12.0. The number of benzene rings is 2. The summed E-state index contributed by atoms with van der Waals surface area (Å²) in [5.41, 5.74) is 2.01. The Morgan fingerprint density at radius 3 is 2.25 bits per heavy atom. The molecule has 0 aromatic heterocycles. The standard InChI is InChI=1S/C19H22BrNO3/c1-13(2)14-3-5-15(6-4-14)18(22)11-21-19(23)12-24-17-9-7-16(20)8-10-17/h3-10,13,18,22H,11-12H2,1-2H3,(H,21,23). The highest BCUT2D eigenvalue weighted by molar-refractivity contribution is 9.10. The third kappa shape index (κ3) is 5.65. The van der Waals surface area contributed by atoms with Crippen LogP contribution in [0.1, 0.15) is 37.0 Å². The van der Waals surface area contributed by atoms with Crippen LogP contribution in [0.3, 0.4) is 0 Å². The molecule has 0 fully saturated rings. The van der Waals surface area contributed by atoms with E-state index in [1.54, 1.807) is 12.1 Å². The minimum Gasteiger partial charge on any atom is -0.484 e. The summed E-state index contributed by atoms with van der Waals surface area (Å²) >= 11 is 3.34. The van der Waals surface area contributed by atoms with Gasteiger partial charge in [-0.25, -0.2) is 0 Å². The Bertz CT molecular complexity index is 653. The summed E-state index contributed by atoms with van der Waals surface area (Å²) in [5, 5.41) is 12.8. The minimum absolute atomic E-state index is 0.0827. The minimum atomic E-state index is -0.733. The lowest BCUT2D eigenvalue weighted by molar-refractivity contribution is -0.123. The van der Waals surface area contributed by atoms with Crippen molar-refractivity contribution in [1.82, 2.24) is 5.32 Å². The molecule has 1 unspecified atom stereocenters. The number of ether oxygens (including phenoxy) is 1. The van der Waals surface area contributed by atoms with Crippen molar-refractivity contribution in [3.8, 4) is 5.75 Å². The summed E-state index contributed by atoms with van der Waals surface area (Å²) in [5.74, 6) is 0.806. The molecule has 0 saturated heterocycles. The Hall–Kier alpha value is -1.85. The maximum absolute atomic E-state index is 11.8. The molecule has 0 saturated carbocycles. The second-order valence-electron chi connectivity index (χ2n) is 5.88. The predicted octanol–water partition coefficient (Wildman–Crippen LogP) is 3.80. The molecule has 0 aliphatic carbocycles. The van der Waals surface area contributed by atoms with Gasteiger partial charge in [0.05, 0.1) is 6.10 Å². The van der Waals surface area contributed by atoms with Gasteiger partial charge in [-0.2, -0.15) is 0 Å². The van der Waals surface area contributed by atoms with E-state index in [2.05, 4.69) is 35.1 Å². The van der Waals surface area contributed by atoms with Gasteiger partial charge in [0, 0.05) is 11.0 Å². The number of aliphatic hydroxyl groups excluding tert-OH is 1. The molecule has 1 amide bonds. The Kier molecular flexibility index (Phi) is 6.82. The number of aliphatic hydroxyl groups is 1. The molecule has 1 atom stereocenters. The van der Waals surface area contributed by atoms with Crippen molar-refractivity contribution in [3.05, 3.63) is 64.1 Å². The van der Waals surface area contributed by atoms with E-state index in [4.69, 9.17) is 4.74 Å². The van der Waals surface area contributed by atoms with Crippen LogP contribution in [0.15, 0.2) is 53.0 Å². The summed E-state index contributed by atoms with van der Waals surface area (Å²) < 4.78 is 6.34. The number of hydrogen-bond acceptors (Lipinski definition) is 3. The fourth-order valence-corrected chi connectivity index (χ4v) is 2.43. The lowest BCUT2D eigenvalue weighted by Gasteiger charge is -2.14. The maximum Gasteiger partial charge on any atom is 0.258 e. The van der Waals surface area contributed by atoms with Gasteiger partial charge >= 0.3 is 0 Å². The summed E-state index contributed by atoms with van der Waals surface area (Å²) in [6, 6.07) is 15.0. The molecule has 0 radical (unpaired) electrons. The van der Waals surface area contributed by atoms with Gasteiger partial charge < -0.3 is 15.2 Å². The van der Waals surface area contributed by atoms with Crippen molar-refractivity contribution < 1.29 is 14.6 Å². The number of rotatable bonds is 7. The highest BCUT2D eigenvalue weighted by atomic mass is 79.9. The van der Waals surface area contributed by atoms with E-state index in [1.165, 1.54) is 5.56 Å². The molecule has 24 heavy (non-hydrogen) atoms. The van der Waals surface area contributed by atoms with Gasteiger partial charge in [-0.1, -0.05) is 54.0 Å². The molecule has 2 N–H and O–H groups in total. The zero-order chi connectivity index (χ0) is 17.5. The quantitative estimate of drug-likeness (QED) is 0.754. The number of nitrogens with one attached hydrogen (secondary N) is 1. The molecule has 5 heteroatoms. The van der Waals surface area contributed by atoms with Gasteiger partial charge in [0.15, 0.2) is 6.61 Å². The average Bonchev–Trinajstić information content (AvgIpc) is 2.59. The topological polar surface area (TPSA) is 58.6 Å². The molecule has 0 aliphatic rings. The van der Waals surface area contributed by atoms with Crippen LogP contribution in [-0.2, 0) is 4.79 Å². The first-order valence-corrected chi connectivity index (χ1v) is 8.68. The molecular formula is C19H22BrNO3. The van der Waals surface area contributed by atoms with Crippen molar-refractivity contribution >= 4 is 21.8 Å². The van der Waals surface area contributed by atoms with E-state index in [0.29, 0.717) is 11.7 Å². The Labute approximate surface area is 151 Å². The third-order valence-electron chi connectivity index (χ3n) is 3.66. The van der Waals surface area contributed by atoms with Crippen molar-refractivity contribution in [2.45, 2.75) is 25.9 Å². The fourth-order valence-electron chi connectivity index (χ4n) is 2.16. The first-order chi connectivity index (χ1) is 11.5. The monoisotopic (exact) mass is 391 g/mol. The van der Waals surface area contributed by atoms with Crippen LogP contribution in [0.4, 0.5) is 0 Å². The van der Waals surface area contributed by atoms with Gasteiger partial charge in [0.25, 0.3) is 5.91 Å². The first-order valence-electron chi connectivity index (χ1n) is 7.88. The Balaban J connectivity index is 1.77. The second kappa shape index (κ2) is 8.85. The molecule has 2 aromatic carbocycles. The van der Waals surface area contributed by atoms with Crippen LogP contribution in [0.25, 0.3) is 0 Å². The zero-order valence-electron chi connectivity index (χ0n) is 13.8. The number of halogens is 1. The van der Waals surface area contributed by atoms with Gasteiger partial charge in [-0.3, -0.25) is 4.79 Å². The Morgan fingerprint density at radius 1 is 1.08 bits per heavy atom. The SMILES string of the molecule is CC(C)c1ccc(C(O)CNC(=O)COc2ccc(Br)cc2)cc1. The van der Waals surface area contributed by atoms with Crippen molar-refractivity contribution in [1.29, 1.82) is 0 Å². The van der Waals surface area contributed by atoms with E-state index in [9.17, 15) is 9.90 Å². The smallest absolute Gasteiger partial charge is 0.258 e. The van der Waals surface area contributed by atoms with E-state index in [0.717, 1.165) is 10.0 Å². The van der Waals surface area contributed by atoms with E-state index in [1.807, 2.05) is 36.4 Å². The van der Waals surface area contributed by atoms with E-state index < -0.39 is 6.10 Å². The van der Waals surface area contributed by atoms with Crippen LogP contribution in [0, 0.1) is 0 Å². The number of carbonyl (C=O) groups is 1. The lowest BCUT2D eigenvalue weighted by Crippen LogP contribution is -2.32. The molecular weight excluding hydrogens is 370 g/mol. The van der Waals surface area contributed by atoms with Crippen LogP contribution in [-0.4, -0.2) is 24.2 Å². The van der Waals surface area contributed by atoms with Gasteiger partial charge in [0.2, 0.25) is 0 Å².